The zero-order valence-electron chi connectivity index (χ0n) is 12.3. The van der Waals surface area contributed by atoms with Crippen molar-refractivity contribution < 1.29 is 13.6 Å². The van der Waals surface area contributed by atoms with Crippen molar-refractivity contribution >= 4 is 22.5 Å². The van der Waals surface area contributed by atoms with E-state index in [4.69, 9.17) is 0 Å². The van der Waals surface area contributed by atoms with Gasteiger partial charge in [-0.3, -0.25) is 5.32 Å². The molecule has 0 unspecified atom stereocenters. The Balaban J connectivity index is 1.58. The summed E-state index contributed by atoms with van der Waals surface area (Å²) in [7, 11) is 0. The number of anilines is 1. The van der Waals surface area contributed by atoms with Crippen molar-refractivity contribution in [1.29, 1.82) is 0 Å². The normalized spacial score (nSPS) is 23.9. The van der Waals surface area contributed by atoms with Crippen LogP contribution in [0.2, 0.25) is 0 Å². The van der Waals surface area contributed by atoms with Crippen LogP contribution in [-0.2, 0) is 0 Å². The molecule has 2 N–H and O–H groups in total. The van der Waals surface area contributed by atoms with Gasteiger partial charge in [0.15, 0.2) is 5.01 Å². The summed E-state index contributed by atoms with van der Waals surface area (Å²) in [5, 5.41) is 12.2. The summed E-state index contributed by atoms with van der Waals surface area (Å²) in [5.74, 6) is 0. The van der Waals surface area contributed by atoms with Crippen LogP contribution >= 0.6 is 11.3 Å². The lowest BCUT2D eigenvalue weighted by Crippen LogP contribution is -2.46. The van der Waals surface area contributed by atoms with Crippen molar-refractivity contribution in [2.45, 2.75) is 63.8 Å². The third-order valence-corrected chi connectivity index (χ3v) is 5.76. The molecule has 2 amide bonds. The van der Waals surface area contributed by atoms with Crippen LogP contribution in [0.4, 0.5) is 18.7 Å². The number of hydrogen-bond acceptors (Lipinski definition) is 4. The SMILES string of the molecule is O=C(Nc1nnc(C(F)F)s1)N[C@H]1CCCC12CCCCC2. The number of aromatic nitrogens is 2. The van der Waals surface area contributed by atoms with E-state index >= 15 is 0 Å². The van der Waals surface area contributed by atoms with Crippen LogP contribution < -0.4 is 10.6 Å². The van der Waals surface area contributed by atoms with Crippen LogP contribution in [0.3, 0.4) is 0 Å². The van der Waals surface area contributed by atoms with Crippen LogP contribution in [0.15, 0.2) is 0 Å². The van der Waals surface area contributed by atoms with Crippen LogP contribution in [0.1, 0.15) is 62.8 Å². The minimum atomic E-state index is -2.66. The molecule has 3 rings (SSSR count). The monoisotopic (exact) mass is 330 g/mol. The largest absolute Gasteiger partial charge is 0.335 e. The highest BCUT2D eigenvalue weighted by molar-refractivity contribution is 7.15. The van der Waals surface area contributed by atoms with Crippen LogP contribution in [0, 0.1) is 5.41 Å². The second kappa shape index (κ2) is 6.44. The molecule has 5 nitrogen and oxygen atoms in total. The molecule has 22 heavy (non-hydrogen) atoms. The van der Waals surface area contributed by atoms with Crippen molar-refractivity contribution in [2.75, 3.05) is 5.32 Å². The lowest BCUT2D eigenvalue weighted by atomic mass is 9.70. The summed E-state index contributed by atoms with van der Waals surface area (Å²) in [5.41, 5.74) is 0.241. The van der Waals surface area contributed by atoms with Gasteiger partial charge < -0.3 is 5.32 Å². The Labute approximate surface area is 131 Å². The van der Waals surface area contributed by atoms with Gasteiger partial charge in [-0.05, 0) is 31.1 Å². The molecule has 1 spiro atoms. The number of nitrogens with one attached hydrogen (secondary N) is 2. The van der Waals surface area contributed by atoms with E-state index in [-0.39, 0.29) is 27.6 Å². The maximum Gasteiger partial charge on any atom is 0.321 e. The number of amides is 2. The first kappa shape index (κ1) is 15.6. The molecule has 2 aliphatic rings. The number of urea groups is 1. The Bertz CT molecular complexity index is 531. The van der Waals surface area contributed by atoms with E-state index in [2.05, 4.69) is 20.8 Å². The quantitative estimate of drug-likeness (QED) is 0.877. The predicted molar refractivity (Wildman–Crippen MR) is 80.2 cm³/mol. The second-order valence-electron chi connectivity index (χ2n) is 6.21. The van der Waals surface area contributed by atoms with E-state index in [9.17, 15) is 13.6 Å². The van der Waals surface area contributed by atoms with Crippen molar-refractivity contribution in [1.82, 2.24) is 15.5 Å². The lowest BCUT2D eigenvalue weighted by Gasteiger charge is -2.39. The van der Waals surface area contributed by atoms with E-state index in [0.717, 1.165) is 12.8 Å². The molecule has 2 saturated carbocycles. The molecule has 0 aliphatic heterocycles. The molecule has 1 atom stereocenters. The Kier molecular flexibility index (Phi) is 4.56. The molecule has 1 heterocycles. The van der Waals surface area contributed by atoms with Gasteiger partial charge in [0, 0.05) is 6.04 Å². The molecular formula is C14H20F2N4OS. The van der Waals surface area contributed by atoms with Crippen molar-refractivity contribution in [3.63, 3.8) is 0 Å². The molecule has 0 saturated heterocycles. The maximum atomic E-state index is 12.5. The topological polar surface area (TPSA) is 66.9 Å². The van der Waals surface area contributed by atoms with E-state index in [1.165, 1.54) is 38.5 Å². The first-order valence-corrected chi connectivity index (χ1v) is 8.60. The molecule has 2 aliphatic carbocycles. The number of carbonyl (C=O) groups excluding carboxylic acids is 1. The van der Waals surface area contributed by atoms with Crippen molar-refractivity contribution in [3.05, 3.63) is 5.01 Å². The van der Waals surface area contributed by atoms with Crippen LogP contribution in [-0.4, -0.2) is 22.3 Å². The van der Waals surface area contributed by atoms with Gasteiger partial charge in [0.2, 0.25) is 5.13 Å². The van der Waals surface area contributed by atoms with Crippen LogP contribution in [0.25, 0.3) is 0 Å². The zero-order chi connectivity index (χ0) is 15.6. The molecule has 1 aromatic rings. The van der Waals surface area contributed by atoms with Gasteiger partial charge >= 0.3 is 6.03 Å². The third-order valence-electron chi connectivity index (χ3n) is 4.91. The average Bonchev–Trinajstić information content (AvgIpc) is 3.09. The van der Waals surface area contributed by atoms with Gasteiger partial charge in [-0.25, -0.2) is 13.6 Å². The number of hydrogen-bond donors (Lipinski definition) is 2. The molecule has 2 fully saturated rings. The number of halogens is 2. The van der Waals surface area contributed by atoms with Crippen LogP contribution in [0.5, 0.6) is 0 Å². The summed E-state index contributed by atoms with van der Waals surface area (Å²) < 4.78 is 24.9. The Morgan fingerprint density at radius 1 is 1.18 bits per heavy atom. The van der Waals surface area contributed by atoms with Gasteiger partial charge in [-0.2, -0.15) is 0 Å². The fourth-order valence-electron chi connectivity index (χ4n) is 3.88. The first-order valence-electron chi connectivity index (χ1n) is 7.78. The third kappa shape index (κ3) is 3.21. The molecule has 0 radical (unpaired) electrons. The minimum Gasteiger partial charge on any atom is -0.335 e. The standard InChI is InChI=1S/C14H20F2N4OS/c15-10(16)11-19-20-13(22-11)18-12(21)17-9-5-4-8-14(9)6-2-1-3-7-14/h9-10H,1-8H2,(H2,17,18,20,21)/t9-/m0/s1. The number of rotatable bonds is 3. The fraction of sp³-hybridized carbons (Fsp3) is 0.786. The van der Waals surface area contributed by atoms with Crippen molar-refractivity contribution in [3.8, 4) is 0 Å². The summed E-state index contributed by atoms with van der Waals surface area (Å²) in [6.45, 7) is 0. The van der Waals surface area contributed by atoms with E-state index in [1.807, 2.05) is 0 Å². The second-order valence-corrected chi connectivity index (χ2v) is 7.22. The van der Waals surface area contributed by atoms with Gasteiger partial charge in [-0.15, -0.1) is 10.2 Å². The number of alkyl halides is 2. The summed E-state index contributed by atoms with van der Waals surface area (Å²) >= 11 is 0.710. The summed E-state index contributed by atoms with van der Waals surface area (Å²) in [6.07, 6.45) is 6.73. The highest BCUT2D eigenvalue weighted by Gasteiger charge is 2.43. The van der Waals surface area contributed by atoms with Gasteiger partial charge in [-0.1, -0.05) is 37.0 Å². The van der Waals surface area contributed by atoms with E-state index in [1.54, 1.807) is 0 Å². The smallest absolute Gasteiger partial charge is 0.321 e. The highest BCUT2D eigenvalue weighted by Crippen LogP contribution is 2.49. The van der Waals surface area contributed by atoms with E-state index in [0.29, 0.717) is 11.3 Å². The fourth-order valence-corrected chi connectivity index (χ4v) is 4.48. The van der Waals surface area contributed by atoms with Gasteiger partial charge in [0.05, 0.1) is 0 Å². The lowest BCUT2D eigenvalue weighted by molar-refractivity contribution is 0.150. The molecule has 1 aromatic heterocycles. The molecule has 8 heteroatoms. The predicted octanol–water partition coefficient (Wildman–Crippen LogP) is 4.10. The average molecular weight is 330 g/mol. The molecule has 0 aromatic carbocycles. The summed E-state index contributed by atoms with van der Waals surface area (Å²) in [4.78, 5) is 12.1. The molecule has 122 valence electrons. The number of carbonyl (C=O) groups is 1. The molecular weight excluding hydrogens is 310 g/mol. The minimum absolute atomic E-state index is 0.114. The van der Waals surface area contributed by atoms with E-state index < -0.39 is 6.43 Å². The summed E-state index contributed by atoms with van der Waals surface area (Å²) in [6, 6.07) is -0.191. The Hall–Kier alpha value is -1.31. The van der Waals surface area contributed by atoms with Gasteiger partial charge in [0.25, 0.3) is 6.43 Å². The van der Waals surface area contributed by atoms with Gasteiger partial charge in [0.1, 0.15) is 0 Å². The maximum absolute atomic E-state index is 12.5. The van der Waals surface area contributed by atoms with Crippen molar-refractivity contribution in [2.24, 2.45) is 5.41 Å². The first-order chi connectivity index (χ1) is 10.6. The highest BCUT2D eigenvalue weighted by atomic mass is 32.1. The zero-order valence-corrected chi connectivity index (χ0v) is 13.1. The Morgan fingerprint density at radius 3 is 2.59 bits per heavy atom. The number of nitrogens with zero attached hydrogens (tertiary/aromatic N) is 2. The Morgan fingerprint density at radius 2 is 1.91 bits per heavy atom. The molecule has 0 bridgehead atoms.